The molecule has 0 saturated heterocycles. The van der Waals surface area contributed by atoms with Crippen LogP contribution in [0.1, 0.15) is 27.6 Å². The fraction of sp³-hybridized carbons (Fsp3) is 0.167. The summed E-state index contributed by atoms with van der Waals surface area (Å²) in [5.41, 5.74) is 0.368. The van der Waals surface area contributed by atoms with Gasteiger partial charge in [-0.1, -0.05) is 12.1 Å². The Labute approximate surface area is 154 Å². The number of esters is 1. The summed E-state index contributed by atoms with van der Waals surface area (Å²) in [5, 5.41) is 41.9. The predicted molar refractivity (Wildman–Crippen MR) is 93.8 cm³/mol. The van der Waals surface area contributed by atoms with Crippen molar-refractivity contribution in [3.05, 3.63) is 59.7 Å². The molecule has 9 heteroatoms. The van der Waals surface area contributed by atoms with Crippen molar-refractivity contribution in [2.45, 2.75) is 13.0 Å². The molecule has 2 aromatic carbocycles. The minimum Gasteiger partial charge on any atom is -0.508 e. The molecule has 0 bridgehead atoms. The van der Waals surface area contributed by atoms with Crippen LogP contribution in [-0.4, -0.2) is 56.7 Å². The van der Waals surface area contributed by atoms with Crippen LogP contribution in [0.15, 0.2) is 48.5 Å². The third-order valence-corrected chi connectivity index (χ3v) is 2.78. The number of carbonyl (C=O) groups excluding carboxylic acids is 1. The number of hydrogen-bond donors (Lipinski definition) is 5. The van der Waals surface area contributed by atoms with Gasteiger partial charge in [0.1, 0.15) is 23.2 Å². The van der Waals surface area contributed by atoms with Crippen LogP contribution >= 0.6 is 0 Å². The van der Waals surface area contributed by atoms with Gasteiger partial charge in [-0.25, -0.2) is 14.4 Å². The monoisotopic (exact) mass is 380 g/mol. The average molecular weight is 380 g/mol. The molecule has 0 aliphatic carbocycles. The van der Waals surface area contributed by atoms with E-state index in [2.05, 4.69) is 4.74 Å². The zero-order valence-electron chi connectivity index (χ0n) is 14.6. The third kappa shape index (κ3) is 9.46. The lowest BCUT2D eigenvalue weighted by Gasteiger charge is -1.97. The summed E-state index contributed by atoms with van der Waals surface area (Å²) >= 11 is 0. The van der Waals surface area contributed by atoms with Gasteiger partial charge < -0.3 is 30.3 Å². The van der Waals surface area contributed by atoms with Crippen molar-refractivity contribution in [2.24, 2.45) is 0 Å². The Bertz CT molecular complexity index is 752. The normalized spacial score (nSPS) is 10.2. The first-order valence-electron chi connectivity index (χ1n) is 7.39. The molecule has 0 heterocycles. The van der Waals surface area contributed by atoms with Crippen molar-refractivity contribution < 1.29 is 44.7 Å². The Balaban J connectivity index is 0.000000394. The van der Waals surface area contributed by atoms with Crippen LogP contribution in [0, 0.1) is 0 Å². The maximum Gasteiger partial charge on any atom is 0.339 e. The number of phenolic OH excluding ortho intramolecular Hbond substituents is 1. The highest BCUT2D eigenvalue weighted by Gasteiger charge is 2.05. The van der Waals surface area contributed by atoms with Crippen LogP contribution in [0.4, 0.5) is 0 Å². The largest absolute Gasteiger partial charge is 0.508 e. The first-order chi connectivity index (χ1) is 12.6. The molecule has 5 N–H and O–H groups in total. The lowest BCUT2D eigenvalue weighted by Crippen LogP contribution is -2.13. The van der Waals surface area contributed by atoms with E-state index in [0.29, 0.717) is 5.56 Å². The maximum atomic E-state index is 10.8. The summed E-state index contributed by atoms with van der Waals surface area (Å²) in [6.45, 7) is 1.20. The van der Waals surface area contributed by atoms with Gasteiger partial charge in [0, 0.05) is 0 Å². The number of aliphatic carboxylic acids is 1. The molecule has 0 spiro atoms. The van der Waals surface area contributed by atoms with Crippen molar-refractivity contribution in [1.82, 2.24) is 0 Å². The van der Waals surface area contributed by atoms with Gasteiger partial charge in [-0.2, -0.15) is 0 Å². The molecule has 0 aliphatic heterocycles. The molecule has 2 rings (SSSR count). The molecule has 1 unspecified atom stereocenters. The molecule has 0 saturated carbocycles. The molecule has 9 nitrogen and oxygen atoms in total. The van der Waals surface area contributed by atoms with Crippen molar-refractivity contribution in [2.75, 3.05) is 7.11 Å². The summed E-state index contributed by atoms with van der Waals surface area (Å²) < 4.78 is 4.46. The number of ether oxygens (including phenoxy) is 1. The van der Waals surface area contributed by atoms with E-state index in [0.717, 1.165) is 0 Å². The highest BCUT2D eigenvalue weighted by atomic mass is 16.5. The van der Waals surface area contributed by atoms with Crippen LogP contribution in [0.25, 0.3) is 0 Å². The number of methoxy groups -OCH3 is 1. The van der Waals surface area contributed by atoms with Crippen molar-refractivity contribution in [3.8, 4) is 11.5 Å². The number of aromatic hydroxyl groups is 2. The van der Waals surface area contributed by atoms with Crippen LogP contribution in [-0.2, 0) is 9.53 Å². The topological polar surface area (TPSA) is 162 Å². The third-order valence-electron chi connectivity index (χ3n) is 2.78. The number of aliphatic hydroxyl groups is 1. The van der Waals surface area contributed by atoms with E-state index in [4.69, 9.17) is 25.5 Å². The summed E-state index contributed by atoms with van der Waals surface area (Å²) in [7, 11) is 1.31. The van der Waals surface area contributed by atoms with Gasteiger partial charge in [-0.05, 0) is 43.3 Å². The van der Waals surface area contributed by atoms with Gasteiger partial charge in [0.05, 0.1) is 12.7 Å². The van der Waals surface area contributed by atoms with Gasteiger partial charge in [0.25, 0.3) is 0 Å². The van der Waals surface area contributed by atoms with E-state index < -0.39 is 24.0 Å². The van der Waals surface area contributed by atoms with E-state index in [1.54, 1.807) is 12.1 Å². The average Bonchev–Trinajstić information content (AvgIpc) is 2.63. The van der Waals surface area contributed by atoms with Crippen molar-refractivity contribution in [1.29, 1.82) is 0 Å². The number of para-hydroxylation sites is 1. The summed E-state index contributed by atoms with van der Waals surface area (Å²) in [6.07, 6.45) is -1.23. The standard InChI is InChI=1S/C8H8O3.C7H6O3.C3H6O3/c1-11-8(10)6-2-4-7(9)5-3-6;8-6-4-2-1-3-5(6)7(9)10;1-2(4)3(5)6/h2-5,9H,1H3;1-4,8H,(H,9,10);2,4H,1H3,(H,5,6). The van der Waals surface area contributed by atoms with Gasteiger partial charge in [0.2, 0.25) is 0 Å². The number of benzene rings is 2. The zero-order valence-corrected chi connectivity index (χ0v) is 14.6. The quantitative estimate of drug-likeness (QED) is 0.499. The van der Waals surface area contributed by atoms with E-state index in [1.807, 2.05) is 0 Å². The van der Waals surface area contributed by atoms with E-state index in [-0.39, 0.29) is 17.1 Å². The second-order valence-electron chi connectivity index (χ2n) is 4.87. The first kappa shape index (κ1) is 23.4. The second kappa shape index (κ2) is 11.9. The highest BCUT2D eigenvalue weighted by Crippen LogP contribution is 2.14. The van der Waals surface area contributed by atoms with Gasteiger partial charge >= 0.3 is 17.9 Å². The SMILES string of the molecule is CC(O)C(=O)O.COC(=O)c1ccc(O)cc1.O=C(O)c1ccccc1O. The van der Waals surface area contributed by atoms with Gasteiger partial charge in [-0.15, -0.1) is 0 Å². The van der Waals surface area contributed by atoms with E-state index in [1.165, 1.54) is 50.4 Å². The lowest BCUT2D eigenvalue weighted by atomic mass is 10.2. The van der Waals surface area contributed by atoms with Crippen molar-refractivity contribution >= 4 is 17.9 Å². The molecule has 1 atom stereocenters. The van der Waals surface area contributed by atoms with Gasteiger partial charge in [-0.3, -0.25) is 0 Å². The molecule has 0 aromatic heterocycles. The molecule has 0 radical (unpaired) electrons. The first-order valence-corrected chi connectivity index (χ1v) is 7.39. The van der Waals surface area contributed by atoms with Crippen LogP contribution in [0.3, 0.4) is 0 Å². The number of rotatable bonds is 3. The molecular formula is C18H20O9. The van der Waals surface area contributed by atoms with Crippen LogP contribution in [0.2, 0.25) is 0 Å². The van der Waals surface area contributed by atoms with E-state index in [9.17, 15) is 14.4 Å². The Morgan fingerprint density at radius 2 is 1.41 bits per heavy atom. The Kier molecular flexibility index (Phi) is 10.3. The second-order valence-corrected chi connectivity index (χ2v) is 4.87. The lowest BCUT2D eigenvalue weighted by molar-refractivity contribution is -0.145. The number of carboxylic acid groups (broad SMARTS) is 2. The Morgan fingerprint density at radius 3 is 1.74 bits per heavy atom. The van der Waals surface area contributed by atoms with Crippen molar-refractivity contribution in [3.63, 3.8) is 0 Å². The number of phenols is 2. The minimum absolute atomic E-state index is 0.0671. The number of carboxylic acids is 2. The number of carbonyl (C=O) groups is 3. The maximum absolute atomic E-state index is 10.8. The smallest absolute Gasteiger partial charge is 0.339 e. The fourth-order valence-electron chi connectivity index (χ4n) is 1.37. The summed E-state index contributed by atoms with van der Waals surface area (Å²) in [4.78, 5) is 30.5. The molecule has 0 aliphatic rings. The molecule has 2 aromatic rings. The van der Waals surface area contributed by atoms with E-state index >= 15 is 0 Å². The molecular weight excluding hydrogens is 360 g/mol. The number of aromatic carboxylic acids is 1. The predicted octanol–water partition coefficient (Wildman–Crippen LogP) is 1.72. The molecule has 0 amide bonds. The summed E-state index contributed by atoms with van der Waals surface area (Å²) in [6, 6.07) is 11.7. The van der Waals surface area contributed by atoms with Gasteiger partial charge in [0.15, 0.2) is 0 Å². The Morgan fingerprint density at radius 1 is 0.926 bits per heavy atom. The molecule has 0 fully saturated rings. The Hall–Kier alpha value is -3.59. The highest BCUT2D eigenvalue weighted by molar-refractivity contribution is 5.90. The van der Waals surface area contributed by atoms with Crippen LogP contribution in [0.5, 0.6) is 11.5 Å². The fourth-order valence-corrected chi connectivity index (χ4v) is 1.37. The summed E-state index contributed by atoms with van der Waals surface area (Å²) in [5.74, 6) is -2.76. The minimum atomic E-state index is -1.23. The molecule has 146 valence electrons. The van der Waals surface area contributed by atoms with Crippen LogP contribution < -0.4 is 0 Å². The molecule has 27 heavy (non-hydrogen) atoms. The zero-order chi connectivity index (χ0) is 21.0. The number of hydrogen-bond acceptors (Lipinski definition) is 7. The number of aliphatic hydroxyl groups excluding tert-OH is 1.